The molecule has 20 heavy (non-hydrogen) atoms. The Kier molecular flexibility index (Phi) is 3.20. The van der Waals surface area contributed by atoms with Gasteiger partial charge in [0.05, 0.1) is 12.1 Å². The minimum atomic E-state index is -0.333. The number of ether oxygens (including phenoxy) is 1. The van der Waals surface area contributed by atoms with Gasteiger partial charge in [0.2, 0.25) is 5.95 Å². The zero-order chi connectivity index (χ0) is 13.9. The van der Waals surface area contributed by atoms with Crippen LogP contribution in [0.1, 0.15) is 12.5 Å². The van der Waals surface area contributed by atoms with Gasteiger partial charge in [0.15, 0.2) is 0 Å². The third-order valence-electron chi connectivity index (χ3n) is 3.13. The third kappa shape index (κ3) is 2.40. The number of fused-ring (bicyclic) bond motifs is 1. The van der Waals surface area contributed by atoms with Gasteiger partial charge in [-0.25, -0.2) is 9.48 Å². The van der Waals surface area contributed by atoms with Crippen LogP contribution in [0.4, 0.5) is 5.95 Å². The number of nitrogens with one attached hydrogen (secondary N) is 1. The smallest absolute Gasteiger partial charge is 0.338 e. The second-order valence-electron chi connectivity index (χ2n) is 4.53. The Hall–Kier alpha value is -2.63. The van der Waals surface area contributed by atoms with Crippen molar-refractivity contribution in [3.63, 3.8) is 0 Å². The fraction of sp³-hybridized carbons (Fsp3) is 0.214. The first-order valence-corrected chi connectivity index (χ1v) is 6.29. The molecule has 1 N–H and O–H groups in total. The Labute approximate surface area is 116 Å². The lowest BCUT2D eigenvalue weighted by Gasteiger charge is -2.19. The molecule has 0 unspecified atom stereocenters. The normalized spacial score (nSPS) is 13.7. The van der Waals surface area contributed by atoms with E-state index >= 15 is 0 Å². The molecule has 0 saturated carbocycles. The number of hydrogen-bond acceptors (Lipinski definition) is 5. The maximum Gasteiger partial charge on any atom is 0.338 e. The monoisotopic (exact) mass is 270 g/mol. The highest BCUT2D eigenvalue weighted by Crippen LogP contribution is 2.19. The van der Waals surface area contributed by atoms with Crippen LogP contribution >= 0.6 is 0 Å². The van der Waals surface area contributed by atoms with Gasteiger partial charge in [-0.05, 0) is 12.5 Å². The molecule has 0 aliphatic carbocycles. The maximum absolute atomic E-state index is 12.1. The molecule has 1 aliphatic rings. The molecule has 0 bridgehead atoms. The Morgan fingerprint density at radius 1 is 1.40 bits per heavy atom. The molecule has 6 heteroatoms. The highest BCUT2D eigenvalue weighted by Gasteiger charge is 2.22. The molecule has 1 aromatic carbocycles. The van der Waals surface area contributed by atoms with Gasteiger partial charge >= 0.3 is 5.97 Å². The van der Waals surface area contributed by atoms with Gasteiger partial charge < -0.3 is 10.1 Å². The molecule has 1 aliphatic heterocycles. The number of benzene rings is 1. The zero-order valence-corrected chi connectivity index (χ0v) is 11.0. The van der Waals surface area contributed by atoms with Crippen LogP contribution < -0.4 is 5.32 Å². The predicted molar refractivity (Wildman–Crippen MR) is 72.6 cm³/mol. The molecule has 6 nitrogen and oxygen atoms in total. The fourth-order valence-electron chi connectivity index (χ4n) is 2.02. The van der Waals surface area contributed by atoms with Crippen LogP contribution in [0.25, 0.3) is 0 Å². The zero-order valence-electron chi connectivity index (χ0n) is 11.0. The minimum absolute atomic E-state index is 0.265. The van der Waals surface area contributed by atoms with E-state index in [-0.39, 0.29) is 12.6 Å². The van der Waals surface area contributed by atoms with Crippen molar-refractivity contribution >= 4 is 11.9 Å². The largest absolute Gasteiger partial charge is 0.457 e. The summed E-state index contributed by atoms with van der Waals surface area (Å²) in [4.78, 5) is 16.2. The second kappa shape index (κ2) is 5.16. The van der Waals surface area contributed by atoms with E-state index in [0.717, 1.165) is 11.3 Å². The van der Waals surface area contributed by atoms with Gasteiger partial charge in [-0.1, -0.05) is 30.3 Å². The van der Waals surface area contributed by atoms with Crippen LogP contribution in [0.3, 0.4) is 0 Å². The van der Waals surface area contributed by atoms with Gasteiger partial charge in [-0.2, -0.15) is 10.1 Å². The molecule has 2 heterocycles. The number of carbonyl (C=O) groups is 1. The molecule has 0 saturated heterocycles. The van der Waals surface area contributed by atoms with E-state index in [1.807, 2.05) is 37.3 Å². The lowest BCUT2D eigenvalue weighted by molar-refractivity contribution is -0.140. The average molecular weight is 270 g/mol. The van der Waals surface area contributed by atoms with Crippen LogP contribution in [0.5, 0.6) is 0 Å². The Morgan fingerprint density at radius 2 is 2.20 bits per heavy atom. The van der Waals surface area contributed by atoms with E-state index in [1.165, 1.54) is 6.33 Å². The molecule has 0 spiro atoms. The summed E-state index contributed by atoms with van der Waals surface area (Å²) >= 11 is 0. The summed E-state index contributed by atoms with van der Waals surface area (Å²) < 4.78 is 6.96. The molecular formula is C14H14N4O2. The maximum atomic E-state index is 12.1. The molecular weight excluding hydrogens is 256 g/mol. The summed E-state index contributed by atoms with van der Waals surface area (Å²) in [6.45, 7) is 2.47. The van der Waals surface area contributed by atoms with E-state index in [2.05, 4.69) is 15.4 Å². The van der Waals surface area contributed by atoms with Crippen molar-refractivity contribution in [1.29, 1.82) is 0 Å². The topological polar surface area (TPSA) is 69.0 Å². The average Bonchev–Trinajstić information content (AvgIpc) is 2.92. The van der Waals surface area contributed by atoms with Crippen molar-refractivity contribution in [1.82, 2.24) is 14.8 Å². The van der Waals surface area contributed by atoms with E-state index in [9.17, 15) is 4.79 Å². The molecule has 2 aromatic rings. The Bertz CT molecular complexity index is 661. The second-order valence-corrected chi connectivity index (χ2v) is 4.53. The van der Waals surface area contributed by atoms with Crippen molar-refractivity contribution in [2.75, 3.05) is 5.32 Å². The Morgan fingerprint density at radius 3 is 3.00 bits per heavy atom. The third-order valence-corrected chi connectivity index (χ3v) is 3.13. The van der Waals surface area contributed by atoms with Crippen LogP contribution in [0, 0.1) is 0 Å². The molecule has 1 aromatic heterocycles. The summed E-state index contributed by atoms with van der Waals surface area (Å²) in [5.41, 5.74) is 2.28. The summed E-state index contributed by atoms with van der Waals surface area (Å²) in [5, 5.41) is 7.08. The van der Waals surface area contributed by atoms with Crippen molar-refractivity contribution in [3.05, 3.63) is 53.5 Å². The summed E-state index contributed by atoms with van der Waals surface area (Å²) in [6, 6.07) is 9.59. The van der Waals surface area contributed by atoms with Crippen LogP contribution in [-0.2, 0) is 22.7 Å². The number of hydrogen-bond donors (Lipinski definition) is 1. The highest BCUT2D eigenvalue weighted by atomic mass is 16.5. The fourth-order valence-corrected chi connectivity index (χ4v) is 2.02. The van der Waals surface area contributed by atoms with E-state index < -0.39 is 0 Å². The summed E-state index contributed by atoms with van der Waals surface area (Å²) in [6.07, 6.45) is 1.45. The number of esters is 1. The number of carbonyl (C=O) groups excluding carboxylic acids is 1. The molecule has 0 amide bonds. The van der Waals surface area contributed by atoms with Crippen molar-refractivity contribution in [3.8, 4) is 0 Å². The molecule has 3 rings (SSSR count). The SMILES string of the molecule is CC1=C(C(=O)OCc2ccccc2)Cn2ncnc2N1. The number of allylic oxidation sites excluding steroid dienone is 1. The number of aromatic nitrogens is 3. The first-order chi connectivity index (χ1) is 9.74. The van der Waals surface area contributed by atoms with Crippen LogP contribution in [-0.4, -0.2) is 20.7 Å². The highest BCUT2D eigenvalue weighted by molar-refractivity contribution is 5.90. The lowest BCUT2D eigenvalue weighted by atomic mass is 10.2. The van der Waals surface area contributed by atoms with Gasteiger partial charge in [-0.3, -0.25) is 0 Å². The molecule has 0 fully saturated rings. The van der Waals surface area contributed by atoms with Gasteiger partial charge in [0.1, 0.15) is 12.9 Å². The van der Waals surface area contributed by atoms with Crippen molar-refractivity contribution < 1.29 is 9.53 Å². The first kappa shape index (κ1) is 12.4. The van der Waals surface area contributed by atoms with E-state index in [0.29, 0.717) is 18.1 Å². The van der Waals surface area contributed by atoms with Crippen LogP contribution in [0.15, 0.2) is 47.9 Å². The molecule has 102 valence electrons. The first-order valence-electron chi connectivity index (χ1n) is 6.29. The Balaban J connectivity index is 1.68. The van der Waals surface area contributed by atoms with Crippen molar-refractivity contribution in [2.24, 2.45) is 0 Å². The standard InChI is InChI=1S/C14H14N4O2/c1-10-12(7-18-14(17-10)15-9-16-18)13(19)20-8-11-5-3-2-4-6-11/h2-6,9H,7-8H2,1H3,(H,15,16,17). The molecule has 0 radical (unpaired) electrons. The summed E-state index contributed by atoms with van der Waals surface area (Å²) in [5.74, 6) is 0.308. The predicted octanol–water partition coefficient (Wildman–Crippen LogP) is 1.72. The molecule has 0 atom stereocenters. The van der Waals surface area contributed by atoms with E-state index in [4.69, 9.17) is 4.74 Å². The van der Waals surface area contributed by atoms with Gasteiger partial charge in [-0.15, -0.1) is 0 Å². The summed E-state index contributed by atoms with van der Waals surface area (Å²) in [7, 11) is 0. The lowest BCUT2D eigenvalue weighted by Crippen LogP contribution is -2.23. The number of nitrogens with zero attached hydrogens (tertiary/aromatic N) is 3. The van der Waals surface area contributed by atoms with Crippen LogP contribution in [0.2, 0.25) is 0 Å². The van der Waals surface area contributed by atoms with Gasteiger partial charge in [0.25, 0.3) is 0 Å². The quantitative estimate of drug-likeness (QED) is 0.860. The van der Waals surface area contributed by atoms with E-state index in [1.54, 1.807) is 4.68 Å². The number of rotatable bonds is 3. The minimum Gasteiger partial charge on any atom is -0.457 e. The number of anilines is 1. The van der Waals surface area contributed by atoms with Crippen molar-refractivity contribution in [2.45, 2.75) is 20.1 Å². The van der Waals surface area contributed by atoms with Gasteiger partial charge in [0, 0.05) is 5.70 Å².